The Kier molecular flexibility index (Phi) is 56.9. The Morgan fingerprint density at radius 3 is 0.413 bits per heavy atom. The molecule has 0 atom stereocenters. The second-order valence-electron chi connectivity index (χ2n) is 38.9. The van der Waals surface area contributed by atoms with Gasteiger partial charge in [-0.1, -0.05) is 482 Å². The van der Waals surface area contributed by atoms with Crippen molar-refractivity contribution < 1.29 is 0 Å². The molecule has 0 aliphatic carbocycles. The summed E-state index contributed by atoms with van der Waals surface area (Å²) in [6, 6.07) is 70.7. The summed E-state index contributed by atoms with van der Waals surface area (Å²) in [6.07, 6.45) is 80.6. The molecule has 9 aromatic rings. The summed E-state index contributed by atoms with van der Waals surface area (Å²) < 4.78 is 0. The van der Waals surface area contributed by atoms with Crippen molar-refractivity contribution in [2.24, 2.45) is 0 Å². The van der Waals surface area contributed by atoms with Crippen molar-refractivity contribution in [3.05, 3.63) is 284 Å². The van der Waals surface area contributed by atoms with Crippen LogP contribution in [-0.4, -0.2) is 62.3 Å². The topological polar surface area (TPSA) is 38.7 Å². The van der Waals surface area contributed by atoms with Crippen LogP contribution in [-0.2, 0) is 0 Å². The van der Waals surface area contributed by atoms with E-state index >= 15 is 0 Å². The van der Waals surface area contributed by atoms with Gasteiger partial charge in [0.05, 0.1) is 0 Å². The SMILES string of the molecule is CCCCCCCCN(CCCCCCCC)c1ccc(/C=C/c2ccc(C#Cc3nc(C#Cc4ccc(/C=C/c5ccc(N(CCCCCCCC)CCCCCCCC)cc5)cc4)c(C#Cc4ccc(/C=C/c5ccc(N(CCCCCCCC)CCCCCCCC)cc5)cc4)nc3C#Cc3ccc(/C=C/c4ccc(N(CCCCCCCC)CCCCCCCC)cc4)cc3)cc2)cc1. The van der Waals surface area contributed by atoms with E-state index in [-0.39, 0.29) is 0 Å². The lowest BCUT2D eigenvalue weighted by atomic mass is 10.1. The number of rotatable bonds is 68. The van der Waals surface area contributed by atoms with Crippen LogP contribution in [0.25, 0.3) is 48.6 Å². The van der Waals surface area contributed by atoms with Gasteiger partial charge in [-0.3, -0.25) is 0 Å². The van der Waals surface area contributed by atoms with E-state index < -0.39 is 0 Å². The first-order valence-electron chi connectivity index (χ1n) is 55.7. The van der Waals surface area contributed by atoms with Crippen LogP contribution >= 0.6 is 0 Å². The van der Waals surface area contributed by atoms with E-state index in [1.54, 1.807) is 0 Å². The first-order chi connectivity index (χ1) is 68.2. The zero-order valence-electron chi connectivity index (χ0n) is 87.4. The molecular formula is C132H176N6. The lowest BCUT2D eigenvalue weighted by molar-refractivity contribution is 0.575. The molecule has 1 heterocycles. The third-order valence-electron chi connectivity index (χ3n) is 27.0. The van der Waals surface area contributed by atoms with Crippen LogP contribution in [0.1, 0.15) is 453 Å². The van der Waals surface area contributed by atoms with Gasteiger partial charge in [0.25, 0.3) is 0 Å². The Morgan fingerprint density at radius 2 is 0.275 bits per heavy atom. The summed E-state index contributed by atoms with van der Waals surface area (Å²) in [5.74, 6) is 27.9. The van der Waals surface area contributed by atoms with E-state index in [0.29, 0.717) is 22.8 Å². The maximum Gasteiger partial charge on any atom is 0.149 e. The molecule has 6 heteroatoms. The molecule has 0 unspecified atom stereocenters. The third-order valence-corrected chi connectivity index (χ3v) is 27.0. The summed E-state index contributed by atoms with van der Waals surface area (Å²) in [6.45, 7) is 27.4. The van der Waals surface area contributed by atoms with Crippen LogP contribution in [0.4, 0.5) is 22.7 Å². The number of nitrogens with zero attached hydrogens (tertiary/aromatic N) is 6. The molecule has 9 rings (SSSR count). The first kappa shape index (κ1) is 111. The summed E-state index contributed by atoms with van der Waals surface area (Å²) in [7, 11) is 0. The normalized spacial score (nSPS) is 11.3. The molecule has 0 spiro atoms. The van der Waals surface area contributed by atoms with Crippen molar-refractivity contribution in [3.8, 4) is 47.4 Å². The Balaban J connectivity index is 1.02. The third kappa shape index (κ3) is 45.9. The molecule has 138 heavy (non-hydrogen) atoms. The van der Waals surface area contributed by atoms with Gasteiger partial charge in [0.1, 0.15) is 22.8 Å². The lowest BCUT2D eigenvalue weighted by Crippen LogP contribution is -2.25. The van der Waals surface area contributed by atoms with E-state index in [2.05, 4.69) is 365 Å². The van der Waals surface area contributed by atoms with Crippen molar-refractivity contribution in [1.82, 2.24) is 9.97 Å². The van der Waals surface area contributed by atoms with Crippen LogP contribution in [0.15, 0.2) is 194 Å². The smallest absolute Gasteiger partial charge is 0.149 e. The minimum Gasteiger partial charge on any atom is -0.372 e. The molecule has 0 N–H and O–H groups in total. The van der Waals surface area contributed by atoms with Crippen molar-refractivity contribution in [2.45, 2.75) is 364 Å². The molecule has 734 valence electrons. The Labute approximate surface area is 842 Å². The summed E-state index contributed by atoms with van der Waals surface area (Å²) >= 11 is 0. The molecule has 1 aromatic heterocycles. The van der Waals surface area contributed by atoms with Crippen LogP contribution < -0.4 is 19.6 Å². The highest BCUT2D eigenvalue weighted by Gasteiger charge is 2.15. The largest absolute Gasteiger partial charge is 0.372 e. The van der Waals surface area contributed by atoms with Gasteiger partial charge < -0.3 is 19.6 Å². The second-order valence-corrected chi connectivity index (χ2v) is 38.9. The van der Waals surface area contributed by atoms with Crippen molar-refractivity contribution >= 4 is 71.4 Å². The number of hydrogen-bond donors (Lipinski definition) is 0. The van der Waals surface area contributed by atoms with Crippen molar-refractivity contribution in [1.29, 1.82) is 0 Å². The first-order valence-corrected chi connectivity index (χ1v) is 55.7. The van der Waals surface area contributed by atoms with Gasteiger partial charge in [-0.25, -0.2) is 9.97 Å². The Morgan fingerprint density at radius 1 is 0.152 bits per heavy atom. The average molecular weight is 1850 g/mol. The number of hydrogen-bond acceptors (Lipinski definition) is 6. The van der Waals surface area contributed by atoms with Crippen molar-refractivity contribution in [2.75, 3.05) is 72.0 Å². The minimum atomic E-state index is 0.432. The molecule has 0 amide bonds. The molecule has 0 radical (unpaired) electrons. The molecule has 6 nitrogen and oxygen atoms in total. The summed E-state index contributed by atoms with van der Waals surface area (Å²) in [4.78, 5) is 21.2. The molecule has 0 fully saturated rings. The van der Waals surface area contributed by atoms with Gasteiger partial charge in [-0.15, -0.1) is 0 Å². The maximum absolute atomic E-state index is 5.33. The number of benzene rings is 8. The van der Waals surface area contributed by atoms with E-state index in [4.69, 9.17) is 9.97 Å². The highest BCUT2D eigenvalue weighted by atomic mass is 15.1. The summed E-state index contributed by atoms with van der Waals surface area (Å²) in [5.41, 5.74) is 19.6. The Bertz CT molecular complexity index is 4400. The Hall–Kier alpha value is -10.8. The molecule has 0 aliphatic rings. The fraction of sp³-hybridized carbons (Fsp3) is 0.485. The van der Waals surface area contributed by atoms with E-state index in [1.165, 1.54) is 353 Å². The second kappa shape index (κ2) is 70.8. The van der Waals surface area contributed by atoms with Crippen molar-refractivity contribution in [3.63, 3.8) is 0 Å². The highest BCUT2D eigenvalue weighted by Crippen LogP contribution is 2.28. The van der Waals surface area contributed by atoms with Gasteiger partial charge in [-0.05, 0) is 217 Å². The molecule has 0 saturated carbocycles. The predicted octanol–water partition coefficient (Wildman–Crippen LogP) is 36.9. The number of anilines is 4. The van der Waals surface area contributed by atoms with Gasteiger partial charge >= 0.3 is 0 Å². The molecule has 0 bridgehead atoms. The minimum absolute atomic E-state index is 0.432. The molecule has 8 aromatic carbocycles. The van der Waals surface area contributed by atoms with Gasteiger partial charge in [-0.2, -0.15) is 0 Å². The monoisotopic (exact) mass is 1850 g/mol. The van der Waals surface area contributed by atoms with Crippen LogP contribution in [0, 0.1) is 47.4 Å². The average Bonchev–Trinajstić information content (AvgIpc) is 0.812. The van der Waals surface area contributed by atoms with Crippen LogP contribution in [0.5, 0.6) is 0 Å². The highest BCUT2D eigenvalue weighted by molar-refractivity contribution is 5.75. The molecular weight excluding hydrogens is 1670 g/mol. The maximum atomic E-state index is 5.33. The molecule has 0 saturated heterocycles. The van der Waals surface area contributed by atoms with Crippen LogP contribution in [0.3, 0.4) is 0 Å². The van der Waals surface area contributed by atoms with E-state index in [1.807, 2.05) is 0 Å². The number of aromatic nitrogens is 2. The van der Waals surface area contributed by atoms with Crippen LogP contribution in [0.2, 0.25) is 0 Å². The van der Waals surface area contributed by atoms with E-state index in [9.17, 15) is 0 Å². The van der Waals surface area contributed by atoms with Gasteiger partial charge in [0, 0.05) is 97.4 Å². The standard InChI is InChI=1S/C132H176N6/c1-9-17-25-33-41-49-105-135(106-50-42-34-26-18-10-2)125-93-81-121(82-94-125)77-65-113-57-69-117(70-58-113)89-101-129-130(102-90-118-71-59-114(60-72-118)66-78-122-83-95-126(96-84-122)136(107-51-43-35-27-19-11-3)108-52-44-36-28-20-12-4)134-132(104-92-120-75-63-116(64-76-120)68-80-124-87-99-128(100-88-124)138(111-55-47-39-31-23-15-7)112-56-48-40-32-24-16-8)131(133-129)103-91-119-73-61-115(62-74-119)67-79-123-85-97-127(98-86-123)137(109-53-45-37-29-21-13-5)110-54-46-38-30-22-14-6/h57-88,93-100H,9-56,105-112H2,1-8H3/b77-65+,78-66+,79-67+,80-68+. The zero-order chi connectivity index (χ0) is 96.8. The van der Waals surface area contributed by atoms with E-state index in [0.717, 1.165) is 96.9 Å². The fourth-order valence-electron chi connectivity index (χ4n) is 18.1. The predicted molar refractivity (Wildman–Crippen MR) is 609 cm³/mol. The molecule has 0 aliphatic heterocycles. The summed E-state index contributed by atoms with van der Waals surface area (Å²) in [5, 5.41) is 0. The quantitative estimate of drug-likeness (QED) is 0.0215. The van der Waals surface area contributed by atoms with Gasteiger partial charge in [0.15, 0.2) is 0 Å². The number of unbranched alkanes of at least 4 members (excludes halogenated alkanes) is 40. The fourth-order valence-corrected chi connectivity index (χ4v) is 18.1. The van der Waals surface area contributed by atoms with Gasteiger partial charge in [0.2, 0.25) is 0 Å². The zero-order valence-corrected chi connectivity index (χ0v) is 87.4. The lowest BCUT2D eigenvalue weighted by Gasteiger charge is -2.25.